The summed E-state index contributed by atoms with van der Waals surface area (Å²) in [5, 5.41) is 10.9. The molecule has 3 N–H and O–H groups in total. The number of anilines is 2. The Balaban J connectivity index is 1.21. The molecule has 4 heterocycles. The molecule has 2 aromatic carbocycles. The zero-order valence-corrected chi connectivity index (χ0v) is 18.3. The van der Waals surface area contributed by atoms with Gasteiger partial charge < -0.3 is 15.2 Å². The molecule has 5 aromatic rings. The number of nitrogens with one attached hydrogen (secondary N) is 3. The third-order valence-electron chi connectivity index (χ3n) is 5.89. The van der Waals surface area contributed by atoms with Crippen LogP contribution < -0.4 is 5.32 Å². The lowest BCUT2D eigenvalue weighted by atomic mass is 10.1. The van der Waals surface area contributed by atoms with E-state index < -0.39 is 24.9 Å². The summed E-state index contributed by atoms with van der Waals surface area (Å²) in [6.45, 7) is -1.10. The highest BCUT2D eigenvalue weighted by Crippen LogP contribution is 2.30. The van der Waals surface area contributed by atoms with Crippen molar-refractivity contribution in [1.29, 1.82) is 0 Å². The first-order valence-corrected chi connectivity index (χ1v) is 10.9. The van der Waals surface area contributed by atoms with Crippen LogP contribution in [0.3, 0.4) is 0 Å². The maximum atomic E-state index is 13.1. The van der Waals surface area contributed by atoms with Crippen LogP contribution in [0.15, 0.2) is 73.2 Å². The smallest absolute Gasteiger partial charge is 0.282 e. The minimum atomic E-state index is -2.80. The monoisotopic (exact) mass is 471 g/mol. The van der Waals surface area contributed by atoms with E-state index in [2.05, 4.69) is 30.5 Å². The Bertz CT molecular complexity index is 1520. The molecule has 174 valence electrons. The second-order valence-electron chi connectivity index (χ2n) is 8.46. The van der Waals surface area contributed by atoms with E-state index in [9.17, 15) is 13.6 Å². The normalized spacial score (nSPS) is 14.6. The van der Waals surface area contributed by atoms with Crippen LogP contribution >= 0.6 is 0 Å². The zero-order chi connectivity index (χ0) is 24.0. The van der Waals surface area contributed by atoms with Crippen molar-refractivity contribution in [2.45, 2.75) is 5.92 Å². The van der Waals surface area contributed by atoms with E-state index >= 15 is 0 Å². The van der Waals surface area contributed by atoms with Gasteiger partial charge in [-0.15, -0.1) is 0 Å². The van der Waals surface area contributed by atoms with Gasteiger partial charge in [0.25, 0.3) is 11.8 Å². The number of H-pyrrole nitrogens is 2. The van der Waals surface area contributed by atoms with E-state index in [1.165, 1.54) is 0 Å². The van der Waals surface area contributed by atoms with Crippen LogP contribution in [0.25, 0.3) is 33.4 Å². The number of carbonyl (C=O) groups excluding carboxylic acids is 1. The Kier molecular flexibility index (Phi) is 4.80. The molecule has 1 aliphatic rings. The van der Waals surface area contributed by atoms with Crippen molar-refractivity contribution in [3.63, 3.8) is 0 Å². The third-order valence-corrected chi connectivity index (χ3v) is 5.89. The van der Waals surface area contributed by atoms with E-state index in [4.69, 9.17) is 0 Å². The average Bonchev–Trinajstić information content (AvgIpc) is 3.52. The minimum Gasteiger partial charge on any atom is -0.351 e. The second-order valence-corrected chi connectivity index (χ2v) is 8.46. The molecule has 0 atom stereocenters. The predicted molar refractivity (Wildman–Crippen MR) is 127 cm³/mol. The molecule has 0 radical (unpaired) electrons. The number of alkyl halides is 2. The second kappa shape index (κ2) is 8.01. The maximum absolute atomic E-state index is 13.1. The van der Waals surface area contributed by atoms with Gasteiger partial charge in [0.15, 0.2) is 5.82 Å². The molecule has 0 saturated carbocycles. The number of likely N-dealkylation sites (tertiary alicyclic amines) is 1. The number of nitrogens with zero attached hydrogens (tertiary/aromatic N) is 4. The number of fused-ring (bicyclic) bond motifs is 1. The lowest BCUT2D eigenvalue weighted by Gasteiger charge is -2.38. The largest absolute Gasteiger partial charge is 0.351 e. The molecule has 0 bridgehead atoms. The number of benzene rings is 2. The van der Waals surface area contributed by atoms with Crippen molar-refractivity contribution >= 4 is 28.3 Å². The molecule has 1 saturated heterocycles. The van der Waals surface area contributed by atoms with E-state index in [1.807, 2.05) is 48.7 Å². The van der Waals surface area contributed by atoms with Crippen molar-refractivity contribution in [1.82, 2.24) is 30.0 Å². The van der Waals surface area contributed by atoms with E-state index in [-0.39, 0.29) is 5.69 Å². The van der Waals surface area contributed by atoms with Crippen molar-refractivity contribution in [2.75, 3.05) is 18.4 Å². The molecule has 0 spiro atoms. The van der Waals surface area contributed by atoms with Crippen LogP contribution in [-0.2, 0) is 0 Å². The minimum absolute atomic E-state index is 0.280. The molecule has 0 aliphatic carbocycles. The standard InChI is InChI=1S/C25H19F2N7O/c26-25(27)13-34(14-25)24(35)21-9-16-1-2-17(10-20(16)32-21)23-28-8-7-22(33-23)31-19-5-3-15(4-6-19)18-11-29-30-12-18/h1-12,32H,13-14H2,(H,29,30)(H,28,31,33). The molecule has 1 aliphatic heterocycles. The quantitative estimate of drug-likeness (QED) is 0.340. The number of aromatic amines is 2. The van der Waals surface area contributed by atoms with Gasteiger partial charge in [0.05, 0.1) is 19.3 Å². The van der Waals surface area contributed by atoms with Gasteiger partial charge in [-0.05, 0) is 35.9 Å². The SMILES string of the molecule is O=C(c1cc2ccc(-c3nccc(Nc4ccc(-c5cn[nH]c5)cc4)n3)cc2[nH]1)N1CC(F)(F)C1. The zero-order valence-electron chi connectivity index (χ0n) is 18.3. The summed E-state index contributed by atoms with van der Waals surface area (Å²) in [4.78, 5) is 25.6. The Morgan fingerprint density at radius 3 is 2.54 bits per heavy atom. The fraction of sp³-hybridized carbons (Fsp3) is 0.120. The van der Waals surface area contributed by atoms with E-state index in [1.54, 1.807) is 24.5 Å². The van der Waals surface area contributed by atoms with Crippen molar-refractivity contribution < 1.29 is 13.6 Å². The number of hydrogen-bond donors (Lipinski definition) is 3. The number of aromatic nitrogens is 5. The van der Waals surface area contributed by atoms with Gasteiger partial charge in [0.1, 0.15) is 11.5 Å². The molecule has 8 nitrogen and oxygen atoms in total. The summed E-state index contributed by atoms with van der Waals surface area (Å²) in [5.41, 5.74) is 4.67. The van der Waals surface area contributed by atoms with Crippen LogP contribution in [0.4, 0.5) is 20.3 Å². The first-order valence-electron chi connectivity index (χ1n) is 10.9. The van der Waals surface area contributed by atoms with Crippen LogP contribution in [-0.4, -0.2) is 55.0 Å². The van der Waals surface area contributed by atoms with Gasteiger partial charge in [-0.2, -0.15) is 5.10 Å². The number of carbonyl (C=O) groups is 1. The Labute approximate surface area is 198 Å². The molecular weight excluding hydrogens is 452 g/mol. The number of hydrogen-bond acceptors (Lipinski definition) is 5. The van der Waals surface area contributed by atoms with Gasteiger partial charge in [0.2, 0.25) is 0 Å². The highest BCUT2D eigenvalue weighted by atomic mass is 19.3. The first-order chi connectivity index (χ1) is 16.9. The van der Waals surface area contributed by atoms with Crippen molar-refractivity contribution in [3.05, 3.63) is 78.9 Å². The van der Waals surface area contributed by atoms with Gasteiger partial charge in [-0.1, -0.05) is 24.3 Å². The maximum Gasteiger partial charge on any atom is 0.282 e. The van der Waals surface area contributed by atoms with E-state index in [0.29, 0.717) is 17.2 Å². The van der Waals surface area contributed by atoms with Gasteiger partial charge in [0, 0.05) is 40.1 Å². The van der Waals surface area contributed by atoms with Crippen LogP contribution in [0.1, 0.15) is 10.5 Å². The molecule has 3 aromatic heterocycles. The molecular formula is C25H19F2N7O. The Morgan fingerprint density at radius 2 is 1.80 bits per heavy atom. The van der Waals surface area contributed by atoms with E-state index in [0.717, 1.165) is 32.7 Å². The molecule has 35 heavy (non-hydrogen) atoms. The number of halogens is 2. The van der Waals surface area contributed by atoms with Crippen LogP contribution in [0.2, 0.25) is 0 Å². The summed E-state index contributed by atoms with van der Waals surface area (Å²) in [7, 11) is 0. The van der Waals surface area contributed by atoms with Gasteiger partial charge in [-0.25, -0.2) is 18.7 Å². The highest BCUT2D eigenvalue weighted by molar-refractivity contribution is 5.99. The molecule has 0 unspecified atom stereocenters. The Hall–Kier alpha value is -4.60. The van der Waals surface area contributed by atoms with Crippen LogP contribution in [0.5, 0.6) is 0 Å². The number of amides is 1. The Morgan fingerprint density at radius 1 is 1.00 bits per heavy atom. The third kappa shape index (κ3) is 4.10. The summed E-state index contributed by atoms with van der Waals surface area (Å²) < 4.78 is 26.3. The lowest BCUT2D eigenvalue weighted by molar-refractivity contribution is -0.113. The number of rotatable bonds is 5. The first kappa shape index (κ1) is 21.0. The van der Waals surface area contributed by atoms with Crippen LogP contribution in [0, 0.1) is 0 Å². The van der Waals surface area contributed by atoms with Gasteiger partial charge >= 0.3 is 0 Å². The molecule has 6 rings (SSSR count). The fourth-order valence-electron chi connectivity index (χ4n) is 4.08. The van der Waals surface area contributed by atoms with Crippen molar-refractivity contribution in [3.8, 4) is 22.5 Å². The topological polar surface area (TPSA) is 103 Å². The molecule has 1 amide bonds. The summed E-state index contributed by atoms with van der Waals surface area (Å²) in [6, 6.07) is 16.9. The van der Waals surface area contributed by atoms with Crippen molar-refractivity contribution in [2.24, 2.45) is 0 Å². The summed E-state index contributed by atoms with van der Waals surface area (Å²) in [6.07, 6.45) is 5.27. The fourth-order valence-corrected chi connectivity index (χ4v) is 4.08. The summed E-state index contributed by atoms with van der Waals surface area (Å²) in [5.74, 6) is -2.09. The van der Waals surface area contributed by atoms with Gasteiger partial charge in [-0.3, -0.25) is 9.89 Å². The summed E-state index contributed by atoms with van der Waals surface area (Å²) >= 11 is 0. The predicted octanol–water partition coefficient (Wildman–Crippen LogP) is 4.85. The average molecular weight is 471 g/mol. The highest BCUT2D eigenvalue weighted by Gasteiger charge is 2.46. The molecule has 1 fully saturated rings. The lowest BCUT2D eigenvalue weighted by Crippen LogP contribution is -2.58. The molecule has 10 heteroatoms.